The van der Waals surface area contributed by atoms with Crippen molar-refractivity contribution in [1.82, 2.24) is 9.88 Å². The van der Waals surface area contributed by atoms with Crippen molar-refractivity contribution in [3.05, 3.63) is 40.2 Å². The Morgan fingerprint density at radius 3 is 2.85 bits per heavy atom. The molecule has 3 heterocycles. The topological polar surface area (TPSA) is 91.9 Å². The molecule has 27 heavy (non-hydrogen) atoms. The van der Waals surface area contributed by atoms with Gasteiger partial charge in [0.25, 0.3) is 5.56 Å². The third-order valence-electron chi connectivity index (χ3n) is 6.03. The summed E-state index contributed by atoms with van der Waals surface area (Å²) in [5.74, 6) is -0.439. The molecule has 1 aromatic carbocycles. The zero-order valence-corrected chi connectivity index (χ0v) is 15.4. The Balaban J connectivity index is 1.61. The first-order chi connectivity index (χ1) is 13.0. The summed E-state index contributed by atoms with van der Waals surface area (Å²) < 4.78 is 10.7. The van der Waals surface area contributed by atoms with Crippen LogP contribution in [0.25, 0.3) is 10.9 Å². The lowest BCUT2D eigenvalue weighted by Crippen LogP contribution is -2.40. The zero-order chi connectivity index (χ0) is 19.0. The summed E-state index contributed by atoms with van der Waals surface area (Å²) in [7, 11) is 1.61. The highest BCUT2D eigenvalue weighted by Crippen LogP contribution is 2.44. The maximum atomic E-state index is 12.5. The van der Waals surface area contributed by atoms with Crippen molar-refractivity contribution in [2.75, 3.05) is 33.4 Å². The number of benzene rings is 1. The number of aliphatic carboxylic acids is 1. The molecule has 1 unspecified atom stereocenters. The molecule has 1 aromatic heterocycles. The third kappa shape index (κ3) is 3.33. The number of nitrogens with zero attached hydrogens (tertiary/aromatic N) is 1. The van der Waals surface area contributed by atoms with Crippen molar-refractivity contribution < 1.29 is 19.4 Å². The molecule has 0 aliphatic carbocycles. The average Bonchev–Trinajstić information content (AvgIpc) is 3.00. The molecule has 1 spiro atoms. The van der Waals surface area contributed by atoms with Gasteiger partial charge >= 0.3 is 5.97 Å². The van der Waals surface area contributed by atoms with Crippen LogP contribution in [-0.4, -0.2) is 54.4 Å². The van der Waals surface area contributed by atoms with Crippen LogP contribution in [0.3, 0.4) is 0 Å². The van der Waals surface area contributed by atoms with Crippen molar-refractivity contribution in [2.24, 2.45) is 11.3 Å². The predicted octanol–water partition coefficient (Wildman–Crippen LogP) is 1.85. The fraction of sp³-hybridized carbons (Fsp3) is 0.500. The van der Waals surface area contributed by atoms with E-state index >= 15 is 0 Å². The molecule has 1 atom stereocenters. The van der Waals surface area contributed by atoms with Crippen LogP contribution in [0.15, 0.2) is 29.1 Å². The number of aromatic nitrogens is 1. The largest absolute Gasteiger partial charge is 0.497 e. The molecular weight excluding hydrogens is 348 g/mol. The molecule has 7 heteroatoms. The summed E-state index contributed by atoms with van der Waals surface area (Å²) in [4.78, 5) is 29.4. The van der Waals surface area contributed by atoms with Gasteiger partial charge in [-0.3, -0.25) is 14.5 Å². The van der Waals surface area contributed by atoms with Crippen LogP contribution in [0, 0.1) is 11.3 Å². The van der Waals surface area contributed by atoms with Gasteiger partial charge in [-0.1, -0.05) is 0 Å². The Bertz CT molecular complexity index is 916. The summed E-state index contributed by atoms with van der Waals surface area (Å²) in [5.41, 5.74) is 1.02. The Labute approximate surface area is 156 Å². The van der Waals surface area contributed by atoms with Crippen LogP contribution in [0.1, 0.15) is 18.4 Å². The fourth-order valence-electron chi connectivity index (χ4n) is 4.53. The lowest BCUT2D eigenvalue weighted by Gasteiger charge is -2.36. The zero-order valence-electron chi connectivity index (χ0n) is 15.4. The van der Waals surface area contributed by atoms with Gasteiger partial charge in [-0.25, -0.2) is 0 Å². The summed E-state index contributed by atoms with van der Waals surface area (Å²) in [6.07, 6.45) is 1.51. The molecule has 2 aromatic rings. The van der Waals surface area contributed by atoms with Crippen molar-refractivity contribution in [2.45, 2.75) is 19.4 Å². The van der Waals surface area contributed by atoms with Crippen molar-refractivity contribution in [3.8, 4) is 5.75 Å². The number of carbonyl (C=O) groups is 1. The molecule has 2 aliphatic rings. The van der Waals surface area contributed by atoms with Gasteiger partial charge in [0.1, 0.15) is 5.75 Å². The summed E-state index contributed by atoms with van der Waals surface area (Å²) >= 11 is 0. The number of nitrogens with one attached hydrogen (secondary N) is 1. The first-order valence-corrected chi connectivity index (χ1v) is 9.24. The SMILES string of the molecule is COc1ccc2[nH]c(=O)c(CN3CC(C(=O)O)C4(CCOCC4)C3)cc2c1. The predicted molar refractivity (Wildman–Crippen MR) is 100 cm³/mol. The van der Waals surface area contributed by atoms with Gasteiger partial charge in [-0.15, -0.1) is 0 Å². The number of ether oxygens (including phenoxy) is 2. The molecule has 7 nitrogen and oxygen atoms in total. The molecule has 0 radical (unpaired) electrons. The highest BCUT2D eigenvalue weighted by atomic mass is 16.5. The van der Waals surface area contributed by atoms with Crippen molar-refractivity contribution >= 4 is 16.9 Å². The molecule has 2 aliphatic heterocycles. The number of carboxylic acid groups (broad SMARTS) is 1. The molecule has 4 rings (SSSR count). The Morgan fingerprint density at radius 2 is 2.15 bits per heavy atom. The molecule has 2 fully saturated rings. The minimum atomic E-state index is -0.753. The highest BCUT2D eigenvalue weighted by molar-refractivity contribution is 5.80. The van der Waals surface area contributed by atoms with Crippen LogP contribution in [0.5, 0.6) is 5.75 Å². The highest BCUT2D eigenvalue weighted by Gasteiger charge is 2.50. The van der Waals surface area contributed by atoms with Gasteiger partial charge in [0.15, 0.2) is 0 Å². The van der Waals surface area contributed by atoms with Crippen LogP contribution in [-0.2, 0) is 16.1 Å². The first kappa shape index (κ1) is 18.0. The van der Waals surface area contributed by atoms with Crippen LogP contribution < -0.4 is 10.3 Å². The molecule has 0 amide bonds. The Kier molecular flexibility index (Phi) is 4.65. The Morgan fingerprint density at radius 1 is 1.37 bits per heavy atom. The van der Waals surface area contributed by atoms with Crippen LogP contribution in [0.4, 0.5) is 0 Å². The number of likely N-dealkylation sites (tertiary alicyclic amines) is 1. The van der Waals surface area contributed by atoms with Gasteiger partial charge in [-0.05, 0) is 37.1 Å². The van der Waals surface area contributed by atoms with Gasteiger partial charge in [0, 0.05) is 54.7 Å². The van der Waals surface area contributed by atoms with Gasteiger partial charge in [0.2, 0.25) is 0 Å². The van der Waals surface area contributed by atoms with E-state index in [1.54, 1.807) is 7.11 Å². The minimum Gasteiger partial charge on any atom is -0.497 e. The van der Waals surface area contributed by atoms with E-state index in [0.717, 1.165) is 29.5 Å². The molecule has 0 bridgehead atoms. The van der Waals surface area contributed by atoms with E-state index in [4.69, 9.17) is 9.47 Å². The molecule has 144 valence electrons. The lowest BCUT2D eigenvalue weighted by molar-refractivity contribution is -0.147. The average molecular weight is 372 g/mol. The number of hydrogen-bond acceptors (Lipinski definition) is 5. The summed E-state index contributed by atoms with van der Waals surface area (Å²) in [6.45, 7) is 2.80. The van der Waals surface area contributed by atoms with Gasteiger partial charge in [-0.2, -0.15) is 0 Å². The molecule has 2 saturated heterocycles. The van der Waals surface area contributed by atoms with E-state index in [2.05, 4.69) is 9.88 Å². The number of H-pyrrole nitrogens is 1. The minimum absolute atomic E-state index is 0.132. The number of aromatic amines is 1. The van der Waals surface area contributed by atoms with E-state index in [1.807, 2.05) is 24.3 Å². The maximum Gasteiger partial charge on any atom is 0.308 e. The number of rotatable bonds is 4. The number of fused-ring (bicyclic) bond motifs is 1. The lowest BCUT2D eigenvalue weighted by atomic mass is 9.72. The molecule has 2 N–H and O–H groups in total. The van der Waals surface area contributed by atoms with Gasteiger partial charge < -0.3 is 19.6 Å². The second-order valence-electron chi connectivity index (χ2n) is 7.61. The van der Waals surface area contributed by atoms with E-state index < -0.39 is 11.9 Å². The van der Waals surface area contributed by atoms with Crippen molar-refractivity contribution in [1.29, 1.82) is 0 Å². The third-order valence-corrected chi connectivity index (χ3v) is 6.03. The van der Waals surface area contributed by atoms with Crippen LogP contribution in [0.2, 0.25) is 0 Å². The summed E-state index contributed by atoms with van der Waals surface area (Å²) in [5, 5.41) is 10.6. The quantitative estimate of drug-likeness (QED) is 0.851. The second-order valence-corrected chi connectivity index (χ2v) is 7.61. The fourth-order valence-corrected chi connectivity index (χ4v) is 4.53. The normalized spacial score (nSPS) is 22.3. The number of carboxylic acids is 1. The second kappa shape index (κ2) is 6.98. The van der Waals surface area contributed by atoms with E-state index in [0.29, 0.717) is 38.4 Å². The number of hydrogen-bond donors (Lipinski definition) is 2. The smallest absolute Gasteiger partial charge is 0.308 e. The molecular formula is C20H24N2O5. The maximum absolute atomic E-state index is 12.5. The van der Waals surface area contributed by atoms with Gasteiger partial charge in [0.05, 0.1) is 13.0 Å². The number of methoxy groups -OCH3 is 1. The standard InChI is InChI=1S/C20H24N2O5/c1-26-15-2-3-17-13(9-15)8-14(18(23)21-17)10-22-11-16(19(24)25)20(12-22)4-6-27-7-5-20/h2-3,8-9,16H,4-7,10-12H2,1H3,(H,21,23)(H,24,25). The first-order valence-electron chi connectivity index (χ1n) is 9.24. The number of pyridine rings is 1. The van der Waals surface area contributed by atoms with E-state index in [9.17, 15) is 14.7 Å². The van der Waals surface area contributed by atoms with Crippen LogP contribution >= 0.6 is 0 Å². The van der Waals surface area contributed by atoms with E-state index in [-0.39, 0.29) is 11.0 Å². The van der Waals surface area contributed by atoms with Crippen molar-refractivity contribution in [3.63, 3.8) is 0 Å². The Hall–Kier alpha value is -2.38. The molecule has 0 saturated carbocycles. The monoisotopic (exact) mass is 372 g/mol. The van der Waals surface area contributed by atoms with E-state index in [1.165, 1.54) is 0 Å². The summed E-state index contributed by atoms with van der Waals surface area (Å²) in [6, 6.07) is 7.40.